The summed E-state index contributed by atoms with van der Waals surface area (Å²) in [6, 6.07) is 6.62. The summed E-state index contributed by atoms with van der Waals surface area (Å²) in [5.41, 5.74) is -0.228. The van der Waals surface area contributed by atoms with E-state index < -0.39 is 5.60 Å². The summed E-state index contributed by atoms with van der Waals surface area (Å²) >= 11 is 3.34. The second kappa shape index (κ2) is 5.28. The van der Waals surface area contributed by atoms with Gasteiger partial charge < -0.3 is 13.7 Å². The van der Waals surface area contributed by atoms with Crippen molar-refractivity contribution in [2.24, 2.45) is 0 Å². The molecule has 1 fully saturated rings. The smallest absolute Gasteiger partial charge is 0.293 e. The summed E-state index contributed by atoms with van der Waals surface area (Å²) in [6.07, 6.45) is 1.79. The number of ether oxygens (including phenoxy) is 1. The Balaban J connectivity index is 1.79. The maximum absolute atomic E-state index is 12.3. The first-order valence-electron chi connectivity index (χ1n) is 7.27. The molecule has 1 unspecified atom stereocenters. The van der Waals surface area contributed by atoms with Crippen molar-refractivity contribution < 1.29 is 13.7 Å². The van der Waals surface area contributed by atoms with Crippen molar-refractivity contribution >= 4 is 26.9 Å². The largest absolute Gasteiger partial charge is 0.451 e. The standard InChI is InChI=1S/C16H13BrN2O4/c1-16(5-2-6-21-16)15-18-14(23-19-15)13-8-11(20)10-7-9(17)3-4-12(10)22-13/h3-4,7-8H,2,5-6H2,1H3. The fourth-order valence-corrected chi connectivity index (χ4v) is 3.09. The van der Waals surface area contributed by atoms with Crippen LogP contribution in [0, 0.1) is 0 Å². The Morgan fingerprint density at radius 3 is 2.96 bits per heavy atom. The van der Waals surface area contributed by atoms with Crippen LogP contribution in [0.3, 0.4) is 0 Å². The van der Waals surface area contributed by atoms with E-state index in [2.05, 4.69) is 26.1 Å². The molecule has 118 valence electrons. The molecule has 0 aliphatic carbocycles. The van der Waals surface area contributed by atoms with Gasteiger partial charge in [-0.15, -0.1) is 0 Å². The Kier molecular flexibility index (Phi) is 3.35. The number of hydrogen-bond donors (Lipinski definition) is 0. The predicted octanol–water partition coefficient (Wildman–Crippen LogP) is 3.63. The molecule has 0 bridgehead atoms. The van der Waals surface area contributed by atoms with E-state index in [9.17, 15) is 4.79 Å². The lowest BCUT2D eigenvalue weighted by Crippen LogP contribution is -2.21. The number of benzene rings is 1. The zero-order chi connectivity index (χ0) is 16.0. The molecule has 3 heterocycles. The Morgan fingerprint density at radius 1 is 1.30 bits per heavy atom. The van der Waals surface area contributed by atoms with Gasteiger partial charge in [-0.25, -0.2) is 0 Å². The zero-order valence-electron chi connectivity index (χ0n) is 12.3. The van der Waals surface area contributed by atoms with Crippen molar-refractivity contribution in [1.82, 2.24) is 10.1 Å². The molecule has 6 nitrogen and oxygen atoms in total. The van der Waals surface area contributed by atoms with Crippen molar-refractivity contribution in [3.63, 3.8) is 0 Å². The Bertz CT molecular complexity index is 941. The highest BCUT2D eigenvalue weighted by Gasteiger charge is 2.37. The van der Waals surface area contributed by atoms with E-state index in [-0.39, 0.29) is 17.1 Å². The van der Waals surface area contributed by atoms with Crippen molar-refractivity contribution in [3.8, 4) is 11.7 Å². The normalized spacial score (nSPS) is 21.1. The van der Waals surface area contributed by atoms with Crippen LogP contribution in [0.1, 0.15) is 25.6 Å². The lowest BCUT2D eigenvalue weighted by molar-refractivity contribution is 0.00768. The molecule has 1 aliphatic heterocycles. The summed E-state index contributed by atoms with van der Waals surface area (Å²) in [4.78, 5) is 16.6. The number of aromatic nitrogens is 2. The van der Waals surface area contributed by atoms with Gasteiger partial charge in [0.1, 0.15) is 11.2 Å². The fraction of sp³-hybridized carbons (Fsp3) is 0.312. The van der Waals surface area contributed by atoms with Crippen LogP contribution in [0.2, 0.25) is 0 Å². The summed E-state index contributed by atoms with van der Waals surface area (Å²) < 4.78 is 17.5. The minimum absolute atomic E-state index is 0.161. The van der Waals surface area contributed by atoms with Gasteiger partial charge in [0, 0.05) is 17.1 Å². The molecule has 0 amide bonds. The SMILES string of the molecule is CC1(c2noc(-c3cc(=O)c4cc(Br)ccc4o3)n2)CCCO1. The average Bonchev–Trinajstić information content (AvgIpc) is 3.18. The second-order valence-corrected chi connectivity index (χ2v) is 6.64. The van der Waals surface area contributed by atoms with E-state index in [4.69, 9.17) is 13.7 Å². The number of hydrogen-bond acceptors (Lipinski definition) is 6. The highest BCUT2D eigenvalue weighted by Crippen LogP contribution is 2.34. The Morgan fingerprint density at radius 2 is 2.17 bits per heavy atom. The van der Waals surface area contributed by atoms with E-state index in [0.717, 1.165) is 17.3 Å². The molecule has 2 aromatic heterocycles. The summed E-state index contributed by atoms with van der Waals surface area (Å²) in [6.45, 7) is 2.61. The molecule has 4 rings (SSSR count). The highest BCUT2D eigenvalue weighted by atomic mass is 79.9. The van der Waals surface area contributed by atoms with Gasteiger partial charge >= 0.3 is 0 Å². The van der Waals surface area contributed by atoms with Gasteiger partial charge in [0.15, 0.2) is 11.2 Å². The molecule has 1 atom stereocenters. The molecule has 1 aromatic carbocycles. The van der Waals surface area contributed by atoms with Crippen LogP contribution in [0.25, 0.3) is 22.6 Å². The third kappa shape index (κ3) is 2.49. The van der Waals surface area contributed by atoms with Gasteiger partial charge in [0.05, 0.1) is 5.39 Å². The van der Waals surface area contributed by atoms with Crippen molar-refractivity contribution in [2.45, 2.75) is 25.4 Å². The average molecular weight is 377 g/mol. The monoisotopic (exact) mass is 376 g/mol. The first-order chi connectivity index (χ1) is 11.0. The fourth-order valence-electron chi connectivity index (χ4n) is 2.73. The maximum atomic E-state index is 12.3. The van der Waals surface area contributed by atoms with Crippen LogP contribution in [0.15, 0.2) is 42.5 Å². The molecule has 0 N–H and O–H groups in total. The van der Waals surface area contributed by atoms with Crippen molar-refractivity contribution in [2.75, 3.05) is 6.61 Å². The minimum Gasteiger partial charge on any atom is -0.451 e. The number of rotatable bonds is 2. The number of halogens is 1. The van der Waals surface area contributed by atoms with Crippen LogP contribution in [0.4, 0.5) is 0 Å². The second-order valence-electron chi connectivity index (χ2n) is 5.72. The van der Waals surface area contributed by atoms with Crippen LogP contribution in [-0.2, 0) is 10.3 Å². The molecular formula is C16H13BrN2O4. The first kappa shape index (κ1) is 14.6. The van der Waals surface area contributed by atoms with Gasteiger partial charge in [0.25, 0.3) is 5.89 Å². The van der Waals surface area contributed by atoms with Crippen LogP contribution < -0.4 is 5.43 Å². The van der Waals surface area contributed by atoms with Crippen LogP contribution in [-0.4, -0.2) is 16.7 Å². The predicted molar refractivity (Wildman–Crippen MR) is 86.0 cm³/mol. The van der Waals surface area contributed by atoms with Crippen molar-refractivity contribution in [1.29, 1.82) is 0 Å². The molecule has 23 heavy (non-hydrogen) atoms. The van der Waals surface area contributed by atoms with E-state index in [1.807, 2.05) is 13.0 Å². The summed E-state index contributed by atoms with van der Waals surface area (Å²) in [5, 5.41) is 4.48. The molecule has 0 spiro atoms. The molecule has 1 aliphatic rings. The van der Waals surface area contributed by atoms with Gasteiger partial charge in [-0.3, -0.25) is 4.79 Å². The topological polar surface area (TPSA) is 78.4 Å². The van der Waals surface area contributed by atoms with E-state index in [1.165, 1.54) is 6.07 Å². The highest BCUT2D eigenvalue weighted by molar-refractivity contribution is 9.10. The molecule has 3 aromatic rings. The van der Waals surface area contributed by atoms with E-state index in [0.29, 0.717) is 23.4 Å². The van der Waals surface area contributed by atoms with E-state index in [1.54, 1.807) is 12.1 Å². The lowest BCUT2D eigenvalue weighted by Gasteiger charge is -2.17. The number of nitrogens with zero attached hydrogens (tertiary/aromatic N) is 2. The lowest BCUT2D eigenvalue weighted by atomic mass is 10.0. The molecule has 7 heteroatoms. The molecule has 0 radical (unpaired) electrons. The van der Waals surface area contributed by atoms with Gasteiger partial charge in [0.2, 0.25) is 5.82 Å². The Hall–Kier alpha value is -1.99. The first-order valence-corrected chi connectivity index (χ1v) is 8.06. The number of fused-ring (bicyclic) bond motifs is 1. The van der Waals surface area contributed by atoms with Crippen molar-refractivity contribution in [3.05, 3.63) is 44.8 Å². The van der Waals surface area contributed by atoms with Crippen LogP contribution >= 0.6 is 15.9 Å². The minimum atomic E-state index is -0.538. The summed E-state index contributed by atoms with van der Waals surface area (Å²) in [7, 11) is 0. The van der Waals surface area contributed by atoms with E-state index >= 15 is 0 Å². The summed E-state index contributed by atoms with van der Waals surface area (Å²) in [5.74, 6) is 0.910. The quantitative estimate of drug-likeness (QED) is 0.679. The van der Waals surface area contributed by atoms with Gasteiger partial charge in [-0.1, -0.05) is 21.1 Å². The molecule has 0 saturated carbocycles. The van der Waals surface area contributed by atoms with Crippen LogP contribution in [0.5, 0.6) is 0 Å². The third-order valence-corrected chi connectivity index (χ3v) is 4.51. The maximum Gasteiger partial charge on any atom is 0.293 e. The van der Waals surface area contributed by atoms with Gasteiger partial charge in [-0.05, 0) is 38.0 Å². The third-order valence-electron chi connectivity index (χ3n) is 4.02. The Labute approximate surface area is 139 Å². The van der Waals surface area contributed by atoms with Gasteiger partial charge in [-0.2, -0.15) is 4.98 Å². The zero-order valence-corrected chi connectivity index (χ0v) is 13.9. The molecular weight excluding hydrogens is 364 g/mol. The molecule has 1 saturated heterocycles.